The van der Waals surface area contributed by atoms with Crippen LogP contribution in [-0.4, -0.2) is 64.7 Å². The summed E-state index contributed by atoms with van der Waals surface area (Å²) in [6.45, 7) is -0.435. The summed E-state index contributed by atoms with van der Waals surface area (Å²) in [7, 11) is 0. The fraction of sp³-hybridized carbons (Fsp3) is 0.500. The van der Waals surface area contributed by atoms with Crippen molar-refractivity contribution in [1.29, 1.82) is 5.41 Å². The third-order valence-electron chi connectivity index (χ3n) is 3.30. The highest BCUT2D eigenvalue weighted by Crippen LogP contribution is 2.30. The van der Waals surface area contributed by atoms with Crippen molar-refractivity contribution < 1.29 is 25.3 Å². The summed E-state index contributed by atoms with van der Waals surface area (Å²) in [6.07, 6.45) is -2.07. The van der Waals surface area contributed by atoms with E-state index in [1.165, 1.54) is 10.9 Å². The molecule has 1 fully saturated rings. The molecule has 5 N–H and O–H groups in total. The molecule has 10 nitrogen and oxygen atoms in total. The molecular formula is C10H13N5O5. The number of nitrogens with one attached hydrogen (secondary N) is 1. The normalized spacial score (nSPS) is 30.1. The van der Waals surface area contributed by atoms with Gasteiger partial charge in [-0.3, -0.25) is 9.98 Å². The number of aliphatic hydroxyl groups is 3. The lowest BCUT2D eigenvalue weighted by Crippen LogP contribution is -2.33. The molecule has 3 rings (SSSR count). The van der Waals surface area contributed by atoms with Crippen LogP contribution in [0.25, 0.3) is 11.2 Å². The number of hydrogen-bond acceptors (Lipinski definition) is 8. The van der Waals surface area contributed by atoms with E-state index >= 15 is 0 Å². The van der Waals surface area contributed by atoms with Crippen LogP contribution in [0, 0.1) is 5.41 Å². The molecule has 4 atom stereocenters. The average molecular weight is 284 g/mol. The Morgan fingerprint density at radius 3 is 2.65 bits per heavy atom. The summed E-state index contributed by atoms with van der Waals surface area (Å²) in [6, 6.07) is 0. The number of ether oxygens (including phenoxy) is 1. The number of rotatable bonds is 2. The summed E-state index contributed by atoms with van der Waals surface area (Å²) in [5, 5.41) is 45.7. The molecule has 0 aromatic carbocycles. The molecule has 3 heterocycles. The molecule has 0 amide bonds. The molecule has 0 bridgehead atoms. The molecule has 0 spiro atoms. The number of fused-ring (bicyclic) bond motifs is 1. The zero-order valence-electron chi connectivity index (χ0n) is 10.2. The maximum Gasteiger partial charge on any atom is 0.192 e. The summed E-state index contributed by atoms with van der Waals surface area (Å²) in [4.78, 5) is 7.85. The van der Waals surface area contributed by atoms with Gasteiger partial charge in [-0.25, -0.2) is 9.97 Å². The smallest absolute Gasteiger partial charge is 0.192 e. The molecule has 0 aliphatic carbocycles. The van der Waals surface area contributed by atoms with Crippen LogP contribution in [0.5, 0.6) is 0 Å². The Morgan fingerprint density at radius 1 is 1.25 bits per heavy atom. The van der Waals surface area contributed by atoms with Gasteiger partial charge in [-0.2, -0.15) is 4.73 Å². The summed E-state index contributed by atoms with van der Waals surface area (Å²) >= 11 is 0. The number of aromatic nitrogens is 4. The van der Waals surface area contributed by atoms with Crippen LogP contribution >= 0.6 is 0 Å². The fourth-order valence-corrected chi connectivity index (χ4v) is 2.22. The van der Waals surface area contributed by atoms with E-state index in [0.29, 0.717) is 4.73 Å². The van der Waals surface area contributed by atoms with Crippen molar-refractivity contribution in [2.45, 2.75) is 24.5 Å². The van der Waals surface area contributed by atoms with Crippen LogP contribution in [-0.2, 0) is 4.74 Å². The van der Waals surface area contributed by atoms with Crippen molar-refractivity contribution in [2.24, 2.45) is 0 Å². The third kappa shape index (κ3) is 1.70. The zero-order chi connectivity index (χ0) is 14.4. The van der Waals surface area contributed by atoms with Crippen LogP contribution in [0.1, 0.15) is 6.23 Å². The van der Waals surface area contributed by atoms with Crippen molar-refractivity contribution in [3.63, 3.8) is 0 Å². The molecule has 0 saturated carbocycles. The number of hydrogen-bond donors (Lipinski definition) is 5. The second-order valence-corrected chi connectivity index (χ2v) is 4.49. The maximum atomic E-state index is 9.95. The van der Waals surface area contributed by atoms with Crippen molar-refractivity contribution in [3.8, 4) is 0 Å². The van der Waals surface area contributed by atoms with E-state index in [0.717, 1.165) is 6.33 Å². The lowest BCUT2D eigenvalue weighted by atomic mass is 10.1. The maximum absolute atomic E-state index is 9.95. The van der Waals surface area contributed by atoms with Crippen molar-refractivity contribution in [3.05, 3.63) is 18.1 Å². The Morgan fingerprint density at radius 2 is 2.00 bits per heavy atom. The van der Waals surface area contributed by atoms with Gasteiger partial charge in [0.2, 0.25) is 0 Å². The lowest BCUT2D eigenvalue weighted by molar-refractivity contribution is -0.0511. The summed E-state index contributed by atoms with van der Waals surface area (Å²) in [5.41, 5.74) is 0.0726. The highest BCUT2D eigenvalue weighted by Gasteiger charge is 2.43. The Labute approximate surface area is 111 Å². The van der Waals surface area contributed by atoms with Gasteiger partial charge in [0.25, 0.3) is 0 Å². The first-order valence-electron chi connectivity index (χ1n) is 5.85. The van der Waals surface area contributed by atoms with Gasteiger partial charge < -0.3 is 25.3 Å². The molecule has 1 saturated heterocycles. The lowest BCUT2D eigenvalue weighted by Gasteiger charge is -2.16. The van der Waals surface area contributed by atoms with Crippen molar-refractivity contribution in [1.82, 2.24) is 19.3 Å². The molecule has 1 aliphatic rings. The standard InChI is InChI=1S/C10H13N5O5/c11-8-5-9(13-3-15(8)19)14(2-12-5)10-7(18)6(17)4(1-16)20-10/h2-4,6-7,10-11,16-19H,1H2/t4-,6-,7-,10-/m1/s1/i11+1. The van der Waals surface area contributed by atoms with Gasteiger partial charge in [-0.1, -0.05) is 0 Å². The second-order valence-electron chi connectivity index (χ2n) is 4.49. The molecule has 0 radical (unpaired) electrons. The Balaban J connectivity index is 2.08. The minimum absolute atomic E-state index is 0.118. The predicted octanol–water partition coefficient (Wildman–Crippen LogP) is -2.44. The average Bonchev–Trinajstić information content (AvgIpc) is 2.98. The van der Waals surface area contributed by atoms with Gasteiger partial charge in [0, 0.05) is 0 Å². The van der Waals surface area contributed by atoms with Crippen LogP contribution in [0.2, 0.25) is 0 Å². The van der Waals surface area contributed by atoms with E-state index in [2.05, 4.69) is 9.97 Å². The third-order valence-corrected chi connectivity index (χ3v) is 3.30. The number of aliphatic hydroxyl groups excluding tert-OH is 3. The first-order valence-corrected chi connectivity index (χ1v) is 5.85. The van der Waals surface area contributed by atoms with E-state index in [9.17, 15) is 15.4 Å². The van der Waals surface area contributed by atoms with E-state index in [4.69, 9.17) is 15.3 Å². The van der Waals surface area contributed by atoms with Gasteiger partial charge in [0.1, 0.15) is 24.6 Å². The molecule has 108 valence electrons. The van der Waals surface area contributed by atoms with Crippen LogP contribution < -0.4 is 5.49 Å². The van der Waals surface area contributed by atoms with E-state index in [-0.39, 0.29) is 16.7 Å². The number of nitrogens with zero attached hydrogens (tertiary/aromatic N) is 4. The SMILES string of the molecule is [15NH]=c1c2ncn([C@@H]3O[C@H](CO)[C@@H](O)[C@H]3O)c2ncn1O. The Hall–Kier alpha value is -2.01. The van der Waals surface area contributed by atoms with Gasteiger partial charge in [0.15, 0.2) is 22.9 Å². The molecule has 2 aromatic heterocycles. The Bertz CT molecular complexity index is 697. The van der Waals surface area contributed by atoms with Crippen LogP contribution in [0.15, 0.2) is 12.7 Å². The first kappa shape index (κ1) is 13.0. The summed E-state index contributed by atoms with van der Waals surface area (Å²) < 4.78 is 7.22. The predicted molar refractivity (Wildman–Crippen MR) is 61.6 cm³/mol. The van der Waals surface area contributed by atoms with Crippen molar-refractivity contribution >= 4 is 11.2 Å². The minimum atomic E-state index is -1.26. The van der Waals surface area contributed by atoms with Gasteiger partial charge >= 0.3 is 0 Å². The van der Waals surface area contributed by atoms with E-state index < -0.39 is 31.1 Å². The zero-order valence-corrected chi connectivity index (χ0v) is 10.2. The molecule has 2 aromatic rings. The highest BCUT2D eigenvalue weighted by atomic mass is 16.6. The second kappa shape index (κ2) is 4.52. The highest BCUT2D eigenvalue weighted by molar-refractivity contribution is 5.68. The van der Waals surface area contributed by atoms with Gasteiger partial charge in [0.05, 0.1) is 12.9 Å². The molecule has 1 aliphatic heterocycles. The largest absolute Gasteiger partial charge is 0.425 e. The van der Waals surface area contributed by atoms with Crippen LogP contribution in [0.4, 0.5) is 0 Å². The first-order chi connectivity index (χ1) is 9.54. The molecule has 10 heteroatoms. The molecule has 0 unspecified atom stereocenters. The molecular weight excluding hydrogens is 271 g/mol. The minimum Gasteiger partial charge on any atom is -0.425 e. The van der Waals surface area contributed by atoms with E-state index in [1.54, 1.807) is 0 Å². The fourth-order valence-electron chi connectivity index (χ4n) is 2.22. The summed E-state index contributed by atoms with van der Waals surface area (Å²) in [5.74, 6) is 0. The van der Waals surface area contributed by atoms with Crippen molar-refractivity contribution in [2.75, 3.05) is 6.61 Å². The van der Waals surface area contributed by atoms with Gasteiger partial charge in [-0.15, -0.1) is 0 Å². The van der Waals surface area contributed by atoms with E-state index in [1.807, 2.05) is 0 Å². The van der Waals surface area contributed by atoms with Crippen LogP contribution in [0.3, 0.4) is 0 Å². The molecule has 20 heavy (non-hydrogen) atoms. The monoisotopic (exact) mass is 284 g/mol. The number of imidazole rings is 1. The Kier molecular flexibility index (Phi) is 2.94. The topological polar surface area (TPSA) is 150 Å². The van der Waals surface area contributed by atoms with Gasteiger partial charge in [-0.05, 0) is 0 Å². The quantitative estimate of drug-likeness (QED) is 0.304.